The van der Waals surface area contributed by atoms with E-state index in [1.54, 1.807) is 42.5 Å². The minimum atomic E-state index is -0.420. The summed E-state index contributed by atoms with van der Waals surface area (Å²) in [5.74, 6) is 0.377. The number of nitrogens with zero attached hydrogens (tertiary/aromatic N) is 1. The normalized spacial score (nSPS) is 9.90. The first-order chi connectivity index (χ1) is 9.54. The number of ketones is 1. The molecule has 0 radical (unpaired) electrons. The van der Waals surface area contributed by atoms with Gasteiger partial charge in [-0.3, -0.25) is 10.1 Å². The third kappa shape index (κ3) is 3.89. The number of aromatic nitrogens is 1. The lowest BCUT2D eigenvalue weighted by Crippen LogP contribution is -2.20. The topological polar surface area (TPSA) is 71.1 Å². The zero-order valence-corrected chi connectivity index (χ0v) is 12.3. The predicted molar refractivity (Wildman–Crippen MR) is 81.0 cm³/mol. The Balaban J connectivity index is 2.04. The van der Waals surface area contributed by atoms with Gasteiger partial charge >= 0.3 is 6.03 Å². The molecule has 0 bridgehead atoms. The highest BCUT2D eigenvalue weighted by Crippen LogP contribution is 2.13. The largest absolute Gasteiger partial charge is 0.324 e. The Labute approximate surface area is 124 Å². The SMILES string of the molecule is CC(=O)c1cccc(NC(=O)Nc2cccc(Br)n2)c1. The minimum Gasteiger partial charge on any atom is -0.308 e. The van der Waals surface area contributed by atoms with E-state index < -0.39 is 6.03 Å². The van der Waals surface area contributed by atoms with Crippen molar-refractivity contribution in [2.45, 2.75) is 6.92 Å². The second-order valence-corrected chi connectivity index (χ2v) is 4.87. The lowest BCUT2D eigenvalue weighted by molar-refractivity contribution is 0.101. The summed E-state index contributed by atoms with van der Waals surface area (Å²) < 4.78 is 0.633. The number of amides is 2. The van der Waals surface area contributed by atoms with E-state index in [-0.39, 0.29) is 5.78 Å². The number of anilines is 2. The smallest absolute Gasteiger partial charge is 0.308 e. The fourth-order valence-electron chi connectivity index (χ4n) is 1.57. The molecule has 1 aromatic carbocycles. The van der Waals surface area contributed by atoms with Crippen LogP contribution in [0.5, 0.6) is 0 Å². The number of nitrogens with one attached hydrogen (secondary N) is 2. The van der Waals surface area contributed by atoms with Crippen LogP contribution in [-0.4, -0.2) is 16.8 Å². The number of rotatable bonds is 3. The number of hydrogen-bond acceptors (Lipinski definition) is 3. The van der Waals surface area contributed by atoms with Gasteiger partial charge in [-0.1, -0.05) is 18.2 Å². The van der Waals surface area contributed by atoms with Crippen LogP contribution in [-0.2, 0) is 0 Å². The maximum Gasteiger partial charge on any atom is 0.324 e. The summed E-state index contributed by atoms with van der Waals surface area (Å²) in [6.45, 7) is 1.48. The third-order valence-electron chi connectivity index (χ3n) is 2.48. The molecule has 2 N–H and O–H groups in total. The maximum absolute atomic E-state index is 11.8. The number of hydrogen-bond donors (Lipinski definition) is 2. The molecule has 20 heavy (non-hydrogen) atoms. The second kappa shape index (κ2) is 6.29. The quantitative estimate of drug-likeness (QED) is 0.664. The summed E-state index contributed by atoms with van der Waals surface area (Å²) in [6.07, 6.45) is 0. The highest BCUT2D eigenvalue weighted by Gasteiger charge is 2.05. The monoisotopic (exact) mass is 333 g/mol. The first-order valence-electron chi connectivity index (χ1n) is 5.86. The number of urea groups is 1. The highest BCUT2D eigenvalue weighted by molar-refractivity contribution is 9.10. The molecule has 2 rings (SSSR count). The molecule has 2 amide bonds. The Bertz CT molecular complexity index is 658. The fourth-order valence-corrected chi connectivity index (χ4v) is 1.92. The van der Waals surface area contributed by atoms with Gasteiger partial charge in [0.25, 0.3) is 0 Å². The minimum absolute atomic E-state index is 0.0530. The van der Waals surface area contributed by atoms with E-state index in [9.17, 15) is 9.59 Å². The van der Waals surface area contributed by atoms with Crippen LogP contribution in [0, 0.1) is 0 Å². The zero-order valence-electron chi connectivity index (χ0n) is 10.7. The summed E-state index contributed by atoms with van der Waals surface area (Å²) in [5, 5.41) is 5.25. The number of carbonyl (C=O) groups is 2. The zero-order chi connectivity index (χ0) is 14.5. The van der Waals surface area contributed by atoms with E-state index in [0.717, 1.165) is 0 Å². The van der Waals surface area contributed by atoms with Crippen LogP contribution in [0.15, 0.2) is 47.1 Å². The maximum atomic E-state index is 11.8. The van der Waals surface area contributed by atoms with Gasteiger partial charge in [-0.2, -0.15) is 0 Å². The second-order valence-electron chi connectivity index (χ2n) is 4.06. The van der Waals surface area contributed by atoms with Gasteiger partial charge in [0.05, 0.1) is 0 Å². The van der Waals surface area contributed by atoms with E-state index >= 15 is 0 Å². The van der Waals surface area contributed by atoms with Crippen LogP contribution in [0.25, 0.3) is 0 Å². The molecule has 0 saturated carbocycles. The van der Waals surface area contributed by atoms with Crippen LogP contribution in [0.2, 0.25) is 0 Å². The van der Waals surface area contributed by atoms with Gasteiger partial charge in [0, 0.05) is 11.3 Å². The summed E-state index contributed by atoms with van der Waals surface area (Å²) in [7, 11) is 0. The van der Waals surface area contributed by atoms with Gasteiger partial charge in [-0.05, 0) is 47.1 Å². The highest BCUT2D eigenvalue weighted by atomic mass is 79.9. The van der Waals surface area contributed by atoms with Crippen molar-refractivity contribution >= 4 is 39.2 Å². The number of Topliss-reactive ketones (excluding diaryl/α,β-unsaturated/α-hetero) is 1. The van der Waals surface area contributed by atoms with Crippen molar-refractivity contribution in [3.8, 4) is 0 Å². The van der Waals surface area contributed by atoms with E-state index in [1.165, 1.54) is 6.92 Å². The third-order valence-corrected chi connectivity index (χ3v) is 2.93. The number of halogens is 1. The van der Waals surface area contributed by atoms with E-state index in [0.29, 0.717) is 21.7 Å². The summed E-state index contributed by atoms with van der Waals surface area (Å²) in [4.78, 5) is 27.2. The molecular formula is C14H12BrN3O2. The number of carbonyl (C=O) groups excluding carboxylic acids is 2. The standard InChI is InChI=1S/C14H12BrN3O2/c1-9(19)10-4-2-5-11(8-10)16-14(20)18-13-7-3-6-12(15)17-13/h2-8H,1H3,(H2,16,17,18,20). The molecule has 0 saturated heterocycles. The molecule has 1 heterocycles. The summed E-state index contributed by atoms with van der Waals surface area (Å²) in [6, 6.07) is 11.5. The molecule has 1 aromatic heterocycles. The molecule has 0 atom stereocenters. The van der Waals surface area contributed by atoms with Gasteiger partial charge < -0.3 is 5.32 Å². The summed E-state index contributed by atoms with van der Waals surface area (Å²) >= 11 is 3.22. The molecule has 0 aliphatic heterocycles. The van der Waals surface area contributed by atoms with Gasteiger partial charge in [0.2, 0.25) is 0 Å². The molecule has 0 unspecified atom stereocenters. The Kier molecular flexibility index (Phi) is 4.47. The van der Waals surface area contributed by atoms with Crippen molar-refractivity contribution in [1.29, 1.82) is 0 Å². The van der Waals surface area contributed by atoms with Crippen molar-refractivity contribution in [2.75, 3.05) is 10.6 Å². The van der Waals surface area contributed by atoms with Gasteiger partial charge in [-0.15, -0.1) is 0 Å². The number of pyridine rings is 1. The van der Waals surface area contributed by atoms with Crippen molar-refractivity contribution < 1.29 is 9.59 Å². The molecular weight excluding hydrogens is 322 g/mol. The van der Waals surface area contributed by atoms with Crippen LogP contribution >= 0.6 is 15.9 Å². The van der Waals surface area contributed by atoms with Crippen molar-refractivity contribution in [3.63, 3.8) is 0 Å². The molecule has 0 aliphatic rings. The van der Waals surface area contributed by atoms with Crippen molar-refractivity contribution in [1.82, 2.24) is 4.98 Å². The molecule has 0 fully saturated rings. The Morgan fingerprint density at radius 1 is 1.10 bits per heavy atom. The van der Waals surface area contributed by atoms with Crippen LogP contribution < -0.4 is 10.6 Å². The van der Waals surface area contributed by atoms with Crippen LogP contribution in [0.1, 0.15) is 17.3 Å². The van der Waals surface area contributed by atoms with E-state index in [1.807, 2.05) is 0 Å². The Hall–Kier alpha value is -2.21. The van der Waals surface area contributed by atoms with Gasteiger partial charge in [0.1, 0.15) is 10.4 Å². The molecule has 6 heteroatoms. The van der Waals surface area contributed by atoms with E-state index in [2.05, 4.69) is 31.5 Å². The lowest BCUT2D eigenvalue weighted by atomic mass is 10.1. The Morgan fingerprint density at radius 3 is 2.55 bits per heavy atom. The molecule has 0 spiro atoms. The first-order valence-corrected chi connectivity index (χ1v) is 6.65. The van der Waals surface area contributed by atoms with Gasteiger partial charge in [0.15, 0.2) is 5.78 Å². The predicted octanol–water partition coefficient (Wildman–Crippen LogP) is 3.69. The molecule has 102 valence electrons. The van der Waals surface area contributed by atoms with Crippen molar-refractivity contribution in [3.05, 3.63) is 52.6 Å². The Morgan fingerprint density at radius 2 is 1.85 bits per heavy atom. The van der Waals surface area contributed by atoms with Crippen LogP contribution in [0.4, 0.5) is 16.3 Å². The van der Waals surface area contributed by atoms with Crippen molar-refractivity contribution in [2.24, 2.45) is 0 Å². The average Bonchev–Trinajstić information content (AvgIpc) is 2.38. The molecule has 0 aliphatic carbocycles. The summed E-state index contributed by atoms with van der Waals surface area (Å²) in [5.41, 5.74) is 1.09. The average molecular weight is 334 g/mol. The first kappa shape index (κ1) is 14.2. The molecule has 5 nitrogen and oxygen atoms in total. The fraction of sp³-hybridized carbons (Fsp3) is 0.0714. The molecule has 2 aromatic rings. The lowest BCUT2D eigenvalue weighted by Gasteiger charge is -2.08. The van der Waals surface area contributed by atoms with Crippen LogP contribution in [0.3, 0.4) is 0 Å². The number of benzene rings is 1. The van der Waals surface area contributed by atoms with E-state index in [4.69, 9.17) is 0 Å². The van der Waals surface area contributed by atoms with Gasteiger partial charge in [-0.25, -0.2) is 9.78 Å².